The molecule has 0 aliphatic rings. The molecule has 1 aromatic heterocycles. The third-order valence-corrected chi connectivity index (χ3v) is 0.740. The summed E-state index contributed by atoms with van der Waals surface area (Å²) in [7, 11) is 0. The lowest BCUT2D eigenvalue weighted by Gasteiger charge is -1.91. The molecule has 2 amide bonds. The van der Waals surface area contributed by atoms with Crippen LogP contribution in [0.15, 0.2) is 12.4 Å². The Labute approximate surface area is 74.0 Å². The summed E-state index contributed by atoms with van der Waals surface area (Å²) in [6.07, 6.45) is 3.11. The number of amides is 2. The van der Waals surface area contributed by atoms with Crippen molar-refractivity contribution >= 4 is 17.9 Å². The lowest BCUT2D eigenvalue weighted by atomic mass is 10.9. The fourth-order valence-corrected chi connectivity index (χ4v) is 0.450. The van der Waals surface area contributed by atoms with Gasteiger partial charge in [0.2, 0.25) is 5.95 Å². The van der Waals surface area contributed by atoms with Crippen molar-refractivity contribution in [2.75, 3.05) is 5.32 Å². The van der Waals surface area contributed by atoms with Gasteiger partial charge >= 0.3 is 6.03 Å². The molecular weight excluding hydrogens is 176 g/mol. The molecule has 72 valence electrons. The maximum absolute atomic E-state index is 10.1. The van der Waals surface area contributed by atoms with Crippen LogP contribution in [0.3, 0.4) is 0 Å². The molecule has 1 aromatic rings. The summed E-state index contributed by atoms with van der Waals surface area (Å²) in [6, 6.07) is -0.620. The van der Waals surface area contributed by atoms with E-state index in [0.717, 1.165) is 6.92 Å². The Hall–Kier alpha value is -2.05. The van der Waals surface area contributed by atoms with Crippen molar-refractivity contribution in [2.45, 2.75) is 6.92 Å². The van der Waals surface area contributed by atoms with Crippen LogP contribution in [0, 0.1) is 0 Å². The molecule has 0 aliphatic carbocycles. The summed E-state index contributed by atoms with van der Waals surface area (Å²) >= 11 is 0. The summed E-state index contributed by atoms with van der Waals surface area (Å²) in [4.78, 5) is 25.5. The number of nitrogens with one attached hydrogen (secondary N) is 2. The monoisotopic (exact) mass is 186 g/mol. The number of anilines is 1. The number of nitrogens with two attached hydrogens (primary N) is 1. The second kappa shape index (κ2) is 5.58. The first-order valence-electron chi connectivity index (χ1n) is 3.27. The Kier molecular flexibility index (Phi) is 4.70. The van der Waals surface area contributed by atoms with Gasteiger partial charge in [0.25, 0.3) is 5.97 Å². The average molecular weight is 186 g/mol. The molecule has 1 rings (SSSR count). The van der Waals surface area contributed by atoms with Gasteiger partial charge < -0.3 is 15.8 Å². The van der Waals surface area contributed by atoms with Crippen molar-refractivity contribution in [3.8, 4) is 0 Å². The van der Waals surface area contributed by atoms with Crippen LogP contribution in [-0.4, -0.2) is 27.1 Å². The van der Waals surface area contributed by atoms with Gasteiger partial charge in [0, 0.05) is 19.3 Å². The van der Waals surface area contributed by atoms with Gasteiger partial charge in [-0.1, -0.05) is 0 Å². The van der Waals surface area contributed by atoms with Gasteiger partial charge in [-0.25, -0.2) is 9.78 Å². The molecule has 0 aliphatic heterocycles. The molecular formula is C6H10N4O3. The average Bonchev–Trinajstić information content (AvgIpc) is 2.36. The zero-order chi connectivity index (χ0) is 10.3. The number of hydrogen-bond acceptors (Lipinski definition) is 3. The quantitative estimate of drug-likeness (QED) is 0.492. The summed E-state index contributed by atoms with van der Waals surface area (Å²) in [6.45, 7) is 1.08. The van der Waals surface area contributed by atoms with E-state index < -0.39 is 12.0 Å². The van der Waals surface area contributed by atoms with Gasteiger partial charge in [-0.2, -0.15) is 0 Å². The van der Waals surface area contributed by atoms with E-state index in [1.165, 1.54) is 6.20 Å². The second-order valence-corrected chi connectivity index (χ2v) is 1.95. The predicted molar refractivity (Wildman–Crippen MR) is 45.1 cm³/mol. The summed E-state index contributed by atoms with van der Waals surface area (Å²) in [5, 5.41) is 9.67. The Morgan fingerprint density at radius 3 is 2.54 bits per heavy atom. The number of carboxylic acid groups (broad SMARTS) is 1. The van der Waals surface area contributed by atoms with Gasteiger partial charge in [0.05, 0.1) is 0 Å². The highest BCUT2D eigenvalue weighted by atomic mass is 16.4. The van der Waals surface area contributed by atoms with Crippen LogP contribution >= 0.6 is 0 Å². The minimum atomic E-state index is -0.833. The second-order valence-electron chi connectivity index (χ2n) is 1.95. The first-order chi connectivity index (χ1) is 6.02. The number of primary amides is 1. The molecule has 0 atom stereocenters. The Morgan fingerprint density at radius 1 is 1.69 bits per heavy atom. The molecule has 0 saturated carbocycles. The summed E-state index contributed by atoms with van der Waals surface area (Å²) in [5.74, 6) is -0.470. The standard InChI is InChI=1S/C4H6N4O.C2H4O2/c5-3(9)8-4-6-1-2-7-4;1-2(3)4/h1-2H,(H4,5,6,7,8,9);1H3,(H,3,4). The van der Waals surface area contributed by atoms with E-state index in [-0.39, 0.29) is 0 Å². The largest absolute Gasteiger partial charge is 0.481 e. The van der Waals surface area contributed by atoms with Gasteiger partial charge in [-0.05, 0) is 0 Å². The number of aliphatic carboxylic acids is 1. The van der Waals surface area contributed by atoms with Crippen molar-refractivity contribution in [3.63, 3.8) is 0 Å². The topological polar surface area (TPSA) is 121 Å². The number of imidazole rings is 1. The molecule has 0 spiro atoms. The van der Waals surface area contributed by atoms with Crippen LogP contribution in [0.4, 0.5) is 10.7 Å². The number of aromatic amines is 1. The first kappa shape index (κ1) is 11.0. The van der Waals surface area contributed by atoms with Crippen molar-refractivity contribution in [3.05, 3.63) is 12.4 Å². The van der Waals surface area contributed by atoms with E-state index in [4.69, 9.17) is 15.6 Å². The maximum atomic E-state index is 10.1. The number of carbonyl (C=O) groups is 2. The fraction of sp³-hybridized carbons (Fsp3) is 0.167. The molecule has 7 heteroatoms. The fourth-order valence-electron chi connectivity index (χ4n) is 0.450. The van der Waals surface area contributed by atoms with Crippen LogP contribution in [-0.2, 0) is 4.79 Å². The molecule has 5 N–H and O–H groups in total. The van der Waals surface area contributed by atoms with Gasteiger partial charge in [0.15, 0.2) is 0 Å². The third-order valence-electron chi connectivity index (χ3n) is 0.740. The number of nitrogens with zero attached hydrogens (tertiary/aromatic N) is 1. The number of hydrogen-bond donors (Lipinski definition) is 4. The SMILES string of the molecule is CC(=O)O.NC(=O)Nc1ncc[nH]1. The normalized spacial score (nSPS) is 8.08. The predicted octanol–water partition coefficient (Wildman–Crippen LogP) is -0.00880. The molecule has 0 fully saturated rings. The first-order valence-corrected chi connectivity index (χ1v) is 3.27. The molecule has 0 saturated heterocycles. The Balaban J connectivity index is 0.000000310. The van der Waals surface area contributed by atoms with Crippen LogP contribution in [0.25, 0.3) is 0 Å². The van der Waals surface area contributed by atoms with Crippen LogP contribution < -0.4 is 11.1 Å². The van der Waals surface area contributed by atoms with Gasteiger partial charge in [-0.3, -0.25) is 10.1 Å². The summed E-state index contributed by atoms with van der Waals surface area (Å²) < 4.78 is 0. The van der Waals surface area contributed by atoms with Crippen molar-refractivity contribution in [1.82, 2.24) is 9.97 Å². The number of rotatable bonds is 1. The smallest absolute Gasteiger partial charge is 0.318 e. The van der Waals surface area contributed by atoms with Crippen LogP contribution in [0.1, 0.15) is 6.92 Å². The molecule has 0 radical (unpaired) electrons. The lowest BCUT2D eigenvalue weighted by molar-refractivity contribution is -0.134. The van der Waals surface area contributed by atoms with Crippen LogP contribution in [0.2, 0.25) is 0 Å². The highest BCUT2D eigenvalue weighted by Crippen LogP contribution is 1.91. The molecule has 13 heavy (non-hydrogen) atoms. The molecule has 1 heterocycles. The number of carboxylic acids is 1. The van der Waals surface area contributed by atoms with E-state index in [1.807, 2.05) is 0 Å². The van der Waals surface area contributed by atoms with Gasteiger partial charge in [-0.15, -0.1) is 0 Å². The third kappa shape index (κ3) is 7.85. The van der Waals surface area contributed by atoms with Gasteiger partial charge in [0.1, 0.15) is 0 Å². The summed E-state index contributed by atoms with van der Waals surface area (Å²) in [5.41, 5.74) is 4.77. The Morgan fingerprint density at radius 2 is 2.23 bits per heavy atom. The van der Waals surface area contributed by atoms with Crippen molar-refractivity contribution < 1.29 is 14.7 Å². The van der Waals surface area contributed by atoms with E-state index in [9.17, 15) is 4.79 Å². The highest BCUT2D eigenvalue weighted by molar-refractivity contribution is 5.85. The van der Waals surface area contributed by atoms with E-state index in [0.29, 0.717) is 5.95 Å². The molecule has 0 bridgehead atoms. The lowest BCUT2D eigenvalue weighted by Crippen LogP contribution is -2.19. The number of H-pyrrole nitrogens is 1. The number of carbonyl (C=O) groups excluding carboxylic acids is 1. The minimum Gasteiger partial charge on any atom is -0.481 e. The zero-order valence-corrected chi connectivity index (χ0v) is 6.94. The van der Waals surface area contributed by atoms with E-state index in [1.54, 1.807) is 6.20 Å². The maximum Gasteiger partial charge on any atom is 0.318 e. The van der Waals surface area contributed by atoms with Crippen molar-refractivity contribution in [1.29, 1.82) is 0 Å². The molecule has 7 nitrogen and oxygen atoms in total. The van der Waals surface area contributed by atoms with E-state index >= 15 is 0 Å². The highest BCUT2D eigenvalue weighted by Gasteiger charge is 1.93. The molecule has 0 aromatic carbocycles. The minimum absolute atomic E-state index is 0.363. The molecule has 0 unspecified atom stereocenters. The Bertz CT molecular complexity index is 265. The van der Waals surface area contributed by atoms with E-state index in [2.05, 4.69) is 15.3 Å². The zero-order valence-electron chi connectivity index (χ0n) is 6.94. The number of aromatic nitrogens is 2. The number of urea groups is 1. The van der Waals surface area contributed by atoms with Crippen LogP contribution in [0.5, 0.6) is 0 Å². The van der Waals surface area contributed by atoms with Crippen molar-refractivity contribution in [2.24, 2.45) is 5.73 Å².